The van der Waals surface area contributed by atoms with Gasteiger partial charge in [-0.15, -0.1) is 0 Å². The van der Waals surface area contributed by atoms with Crippen LogP contribution in [0.2, 0.25) is 0 Å². The topological polar surface area (TPSA) is 32.3 Å². The quantitative estimate of drug-likeness (QED) is 0.798. The zero-order valence-electron chi connectivity index (χ0n) is 8.53. The number of nitrogens with zero attached hydrogens (tertiary/aromatic N) is 1. The van der Waals surface area contributed by atoms with Crippen molar-refractivity contribution in [3.63, 3.8) is 0 Å². The maximum atomic E-state index is 12.6. The van der Waals surface area contributed by atoms with E-state index in [1.807, 2.05) is 0 Å². The molecular formula is C11H13FN2O. The van der Waals surface area contributed by atoms with Gasteiger partial charge in [-0.25, -0.2) is 4.39 Å². The van der Waals surface area contributed by atoms with E-state index in [4.69, 9.17) is 0 Å². The van der Waals surface area contributed by atoms with E-state index >= 15 is 0 Å². The Bertz CT molecular complexity index is 363. The second-order valence-electron chi connectivity index (χ2n) is 3.75. The number of benzene rings is 1. The van der Waals surface area contributed by atoms with E-state index in [1.165, 1.54) is 12.1 Å². The van der Waals surface area contributed by atoms with Crippen molar-refractivity contribution in [2.75, 3.05) is 18.9 Å². The van der Waals surface area contributed by atoms with Crippen LogP contribution in [0.15, 0.2) is 24.3 Å². The van der Waals surface area contributed by atoms with Gasteiger partial charge in [-0.1, -0.05) is 0 Å². The Balaban J connectivity index is 2.03. The van der Waals surface area contributed by atoms with E-state index in [0.29, 0.717) is 0 Å². The van der Waals surface area contributed by atoms with Crippen LogP contribution in [-0.2, 0) is 4.79 Å². The lowest BCUT2D eigenvalue weighted by molar-refractivity contribution is -0.127. The van der Waals surface area contributed by atoms with E-state index in [2.05, 4.69) is 5.32 Å². The largest absolute Gasteiger partial charge is 0.374 e. The Kier molecular flexibility index (Phi) is 2.58. The minimum atomic E-state index is -0.268. The predicted molar refractivity (Wildman–Crippen MR) is 56.1 cm³/mol. The van der Waals surface area contributed by atoms with Crippen LogP contribution >= 0.6 is 0 Å². The number of likely N-dealkylation sites (N-methyl/N-ethyl adjacent to an activating group) is 1. The predicted octanol–water partition coefficient (Wildman–Crippen LogP) is 1.47. The van der Waals surface area contributed by atoms with Crippen LogP contribution in [0.4, 0.5) is 10.1 Å². The molecule has 1 atom stereocenters. The second-order valence-corrected chi connectivity index (χ2v) is 3.75. The summed E-state index contributed by atoms with van der Waals surface area (Å²) in [7, 11) is 1.79. The molecule has 1 fully saturated rings. The van der Waals surface area contributed by atoms with Gasteiger partial charge in [-0.05, 0) is 30.7 Å². The number of hydrogen-bond donors (Lipinski definition) is 1. The Morgan fingerprint density at radius 3 is 2.60 bits per heavy atom. The van der Waals surface area contributed by atoms with Crippen molar-refractivity contribution in [1.82, 2.24) is 4.90 Å². The van der Waals surface area contributed by atoms with E-state index in [9.17, 15) is 9.18 Å². The number of halogens is 1. The van der Waals surface area contributed by atoms with E-state index in [1.54, 1.807) is 24.1 Å². The number of likely N-dealkylation sites (tertiary alicyclic amines) is 1. The van der Waals surface area contributed by atoms with Gasteiger partial charge in [0.15, 0.2) is 0 Å². The average Bonchev–Trinajstić information content (AvgIpc) is 2.53. The summed E-state index contributed by atoms with van der Waals surface area (Å²) in [5.41, 5.74) is 0.782. The summed E-state index contributed by atoms with van der Waals surface area (Å²) in [6.07, 6.45) is 0.798. The van der Waals surface area contributed by atoms with Crippen molar-refractivity contribution in [3.8, 4) is 0 Å². The number of hydrogen-bond acceptors (Lipinski definition) is 2. The SMILES string of the molecule is CN1CCC(Nc2ccc(F)cc2)C1=O. The molecule has 0 radical (unpaired) electrons. The lowest BCUT2D eigenvalue weighted by Gasteiger charge is -2.13. The minimum absolute atomic E-state index is 0.0966. The fourth-order valence-electron chi connectivity index (χ4n) is 1.70. The Morgan fingerprint density at radius 2 is 2.07 bits per heavy atom. The molecule has 0 bridgehead atoms. The molecule has 1 aliphatic heterocycles. The van der Waals surface area contributed by atoms with Crippen LogP contribution < -0.4 is 5.32 Å². The highest BCUT2D eigenvalue weighted by atomic mass is 19.1. The Labute approximate surface area is 87.9 Å². The van der Waals surface area contributed by atoms with Crippen LogP contribution in [0.25, 0.3) is 0 Å². The highest BCUT2D eigenvalue weighted by Crippen LogP contribution is 2.16. The van der Waals surface area contributed by atoms with Gasteiger partial charge in [-0.2, -0.15) is 0 Å². The first kappa shape index (κ1) is 9.96. The number of amides is 1. The lowest BCUT2D eigenvalue weighted by Crippen LogP contribution is -2.30. The summed E-state index contributed by atoms with van der Waals surface area (Å²) in [5.74, 6) is -0.172. The third-order valence-corrected chi connectivity index (χ3v) is 2.61. The first-order valence-corrected chi connectivity index (χ1v) is 4.94. The molecule has 4 heteroatoms. The van der Waals surface area contributed by atoms with Gasteiger partial charge in [0.05, 0.1) is 0 Å². The standard InChI is InChI=1S/C11H13FN2O/c1-14-7-6-10(11(14)15)13-9-4-2-8(12)3-5-9/h2-5,10,13H,6-7H2,1H3. The fraction of sp³-hybridized carbons (Fsp3) is 0.364. The van der Waals surface area contributed by atoms with E-state index in [0.717, 1.165) is 18.7 Å². The minimum Gasteiger partial charge on any atom is -0.374 e. The molecule has 3 nitrogen and oxygen atoms in total. The molecule has 1 aromatic rings. The zero-order chi connectivity index (χ0) is 10.8. The third-order valence-electron chi connectivity index (χ3n) is 2.61. The molecule has 0 spiro atoms. The summed E-state index contributed by atoms with van der Waals surface area (Å²) in [6.45, 7) is 0.775. The third kappa shape index (κ3) is 2.09. The summed E-state index contributed by atoms with van der Waals surface area (Å²) >= 11 is 0. The molecule has 1 unspecified atom stereocenters. The maximum Gasteiger partial charge on any atom is 0.244 e. The van der Waals surface area contributed by atoms with Crippen LogP contribution in [0.3, 0.4) is 0 Å². The van der Waals surface area contributed by atoms with Crippen LogP contribution in [0.5, 0.6) is 0 Å². The number of rotatable bonds is 2. The zero-order valence-corrected chi connectivity index (χ0v) is 8.53. The van der Waals surface area contributed by atoms with Gasteiger partial charge in [-0.3, -0.25) is 4.79 Å². The van der Waals surface area contributed by atoms with Gasteiger partial charge < -0.3 is 10.2 Å². The molecule has 1 aromatic carbocycles. The lowest BCUT2D eigenvalue weighted by atomic mass is 10.2. The van der Waals surface area contributed by atoms with Crippen LogP contribution in [-0.4, -0.2) is 30.4 Å². The highest BCUT2D eigenvalue weighted by molar-refractivity contribution is 5.86. The Morgan fingerprint density at radius 1 is 1.40 bits per heavy atom. The Hall–Kier alpha value is -1.58. The molecule has 0 aromatic heterocycles. The van der Waals surface area contributed by atoms with Crippen molar-refractivity contribution in [3.05, 3.63) is 30.1 Å². The molecule has 2 rings (SSSR count). The van der Waals surface area contributed by atoms with Gasteiger partial charge in [0.25, 0.3) is 0 Å². The summed E-state index contributed by atoms with van der Waals surface area (Å²) in [6, 6.07) is 5.87. The normalized spacial score (nSPS) is 20.8. The molecule has 15 heavy (non-hydrogen) atoms. The van der Waals surface area contributed by atoms with Crippen LogP contribution in [0, 0.1) is 5.82 Å². The smallest absolute Gasteiger partial charge is 0.244 e. The molecule has 1 heterocycles. The highest BCUT2D eigenvalue weighted by Gasteiger charge is 2.28. The molecule has 1 N–H and O–H groups in total. The number of carbonyl (C=O) groups is 1. The van der Waals surface area contributed by atoms with Gasteiger partial charge in [0.1, 0.15) is 11.9 Å². The van der Waals surface area contributed by atoms with Crippen molar-refractivity contribution in [2.45, 2.75) is 12.5 Å². The molecule has 80 valence electrons. The molecule has 0 aliphatic carbocycles. The summed E-state index contributed by atoms with van der Waals surface area (Å²) in [4.78, 5) is 13.3. The van der Waals surface area contributed by atoms with Crippen molar-refractivity contribution in [2.24, 2.45) is 0 Å². The fourth-order valence-corrected chi connectivity index (χ4v) is 1.70. The van der Waals surface area contributed by atoms with E-state index < -0.39 is 0 Å². The van der Waals surface area contributed by atoms with Crippen molar-refractivity contribution >= 4 is 11.6 Å². The first-order chi connectivity index (χ1) is 7.16. The molecule has 1 aliphatic rings. The van der Waals surface area contributed by atoms with Crippen molar-refractivity contribution < 1.29 is 9.18 Å². The monoisotopic (exact) mass is 208 g/mol. The van der Waals surface area contributed by atoms with E-state index in [-0.39, 0.29) is 17.8 Å². The summed E-state index contributed by atoms with van der Waals surface area (Å²) < 4.78 is 12.6. The molecule has 1 saturated heterocycles. The second kappa shape index (κ2) is 3.88. The van der Waals surface area contributed by atoms with Gasteiger partial charge in [0, 0.05) is 19.3 Å². The number of carbonyl (C=O) groups excluding carboxylic acids is 1. The van der Waals surface area contributed by atoms with Crippen LogP contribution in [0.1, 0.15) is 6.42 Å². The first-order valence-electron chi connectivity index (χ1n) is 4.94. The van der Waals surface area contributed by atoms with Crippen molar-refractivity contribution in [1.29, 1.82) is 0 Å². The van der Waals surface area contributed by atoms with Gasteiger partial charge >= 0.3 is 0 Å². The molecule has 1 amide bonds. The van der Waals surface area contributed by atoms with Gasteiger partial charge in [0.2, 0.25) is 5.91 Å². The molecular weight excluding hydrogens is 195 g/mol. The summed E-state index contributed by atoms with van der Waals surface area (Å²) in [5, 5.41) is 3.09. The number of anilines is 1. The average molecular weight is 208 g/mol. The maximum absolute atomic E-state index is 12.6. The number of nitrogens with one attached hydrogen (secondary N) is 1. The molecule has 0 saturated carbocycles.